The summed E-state index contributed by atoms with van der Waals surface area (Å²) in [6, 6.07) is 63.6. The molecule has 7 aromatic carbocycles. The van der Waals surface area contributed by atoms with E-state index in [9.17, 15) is 0 Å². The fraction of sp³-hybridized carbons (Fsp3) is 0.0870. The molecular formula is C46H38N2. The third-order valence-corrected chi connectivity index (χ3v) is 9.20. The molecule has 0 unspecified atom stereocenters. The molecule has 0 aliphatic rings. The first-order valence-electron chi connectivity index (χ1n) is 16.7. The smallest absolute Gasteiger partial charge is 0.0496 e. The highest BCUT2D eigenvalue weighted by Gasteiger charge is 2.21. The van der Waals surface area contributed by atoms with E-state index in [1.807, 2.05) is 0 Å². The SMILES string of the molecule is CC(C)(C)n1c2ccccc2c2cc(-c3cccc(N(c4cccc(-c5ccccc5)c4)c4cccc(-c5ccccc5)c4)c3)ccc21. The van der Waals surface area contributed by atoms with Gasteiger partial charge in [0.25, 0.3) is 0 Å². The van der Waals surface area contributed by atoms with E-state index >= 15 is 0 Å². The van der Waals surface area contributed by atoms with Crippen molar-refractivity contribution in [3.8, 4) is 33.4 Å². The number of aromatic nitrogens is 1. The van der Waals surface area contributed by atoms with Gasteiger partial charge in [-0.25, -0.2) is 0 Å². The van der Waals surface area contributed by atoms with E-state index in [0.29, 0.717) is 0 Å². The molecule has 0 saturated carbocycles. The maximum atomic E-state index is 2.47. The molecule has 0 aliphatic carbocycles. The molecule has 0 radical (unpaired) electrons. The number of anilines is 3. The Bertz CT molecular complexity index is 2290. The Morgan fingerprint density at radius 2 is 0.771 bits per heavy atom. The first-order chi connectivity index (χ1) is 23.4. The number of hydrogen-bond donors (Lipinski definition) is 0. The molecule has 2 heteroatoms. The molecule has 232 valence electrons. The lowest BCUT2D eigenvalue weighted by Gasteiger charge is -2.27. The van der Waals surface area contributed by atoms with Gasteiger partial charge in [0.15, 0.2) is 0 Å². The molecule has 0 amide bonds. The quantitative estimate of drug-likeness (QED) is 0.180. The van der Waals surface area contributed by atoms with Crippen molar-refractivity contribution in [1.82, 2.24) is 4.57 Å². The molecule has 8 rings (SSSR count). The van der Waals surface area contributed by atoms with E-state index in [1.54, 1.807) is 0 Å². The van der Waals surface area contributed by atoms with Crippen molar-refractivity contribution in [3.05, 3.63) is 176 Å². The highest BCUT2D eigenvalue weighted by molar-refractivity contribution is 6.09. The van der Waals surface area contributed by atoms with Gasteiger partial charge in [-0.05, 0) is 109 Å². The minimum Gasteiger partial charge on any atom is -0.335 e. The molecule has 0 bridgehead atoms. The first-order valence-corrected chi connectivity index (χ1v) is 16.7. The Kier molecular flexibility index (Phi) is 7.42. The van der Waals surface area contributed by atoms with E-state index in [4.69, 9.17) is 0 Å². The van der Waals surface area contributed by atoms with Crippen LogP contribution in [0.25, 0.3) is 55.2 Å². The maximum Gasteiger partial charge on any atom is 0.0496 e. The summed E-state index contributed by atoms with van der Waals surface area (Å²) >= 11 is 0. The lowest BCUT2D eigenvalue weighted by molar-refractivity contribution is 0.423. The van der Waals surface area contributed by atoms with Crippen LogP contribution in [-0.2, 0) is 5.54 Å². The van der Waals surface area contributed by atoms with Gasteiger partial charge in [-0.15, -0.1) is 0 Å². The van der Waals surface area contributed by atoms with Crippen LogP contribution in [0, 0.1) is 0 Å². The van der Waals surface area contributed by atoms with Crippen LogP contribution >= 0.6 is 0 Å². The van der Waals surface area contributed by atoms with Crippen molar-refractivity contribution < 1.29 is 0 Å². The average molecular weight is 619 g/mol. The second-order valence-corrected chi connectivity index (χ2v) is 13.5. The number of benzene rings is 7. The Hall–Kier alpha value is -5.86. The van der Waals surface area contributed by atoms with Crippen LogP contribution in [0.15, 0.2) is 176 Å². The largest absolute Gasteiger partial charge is 0.335 e. The molecule has 2 nitrogen and oxygen atoms in total. The minimum atomic E-state index is -0.0359. The average Bonchev–Trinajstić information content (AvgIpc) is 3.47. The maximum absolute atomic E-state index is 2.47. The van der Waals surface area contributed by atoms with Gasteiger partial charge >= 0.3 is 0 Å². The first kappa shape index (κ1) is 29.5. The molecule has 48 heavy (non-hydrogen) atoms. The lowest BCUT2D eigenvalue weighted by atomic mass is 10.0. The summed E-state index contributed by atoms with van der Waals surface area (Å²) in [7, 11) is 0. The molecular weight excluding hydrogens is 581 g/mol. The van der Waals surface area contributed by atoms with Crippen LogP contribution < -0.4 is 4.90 Å². The number of fused-ring (bicyclic) bond motifs is 3. The number of para-hydroxylation sites is 1. The Morgan fingerprint density at radius 3 is 1.29 bits per heavy atom. The molecule has 1 heterocycles. The molecule has 0 spiro atoms. The van der Waals surface area contributed by atoms with Gasteiger partial charge in [-0.1, -0.05) is 121 Å². The molecule has 1 aromatic heterocycles. The van der Waals surface area contributed by atoms with Crippen molar-refractivity contribution in [2.24, 2.45) is 0 Å². The third-order valence-electron chi connectivity index (χ3n) is 9.20. The summed E-state index contributed by atoms with van der Waals surface area (Å²) in [5.74, 6) is 0. The summed E-state index contributed by atoms with van der Waals surface area (Å²) in [6.07, 6.45) is 0. The highest BCUT2D eigenvalue weighted by atomic mass is 15.1. The Morgan fingerprint density at radius 1 is 0.354 bits per heavy atom. The zero-order valence-corrected chi connectivity index (χ0v) is 27.6. The second-order valence-electron chi connectivity index (χ2n) is 13.5. The molecule has 8 aromatic rings. The van der Waals surface area contributed by atoms with Crippen LogP contribution in [0.3, 0.4) is 0 Å². The number of nitrogens with zero attached hydrogens (tertiary/aromatic N) is 2. The van der Waals surface area contributed by atoms with Crippen LogP contribution in [0.2, 0.25) is 0 Å². The molecule has 0 N–H and O–H groups in total. The monoisotopic (exact) mass is 618 g/mol. The molecule has 0 aliphatic heterocycles. The Labute approximate surface area is 283 Å². The van der Waals surface area contributed by atoms with Gasteiger partial charge in [0.2, 0.25) is 0 Å². The van der Waals surface area contributed by atoms with Gasteiger partial charge in [-0.3, -0.25) is 0 Å². The predicted octanol–water partition coefficient (Wildman–Crippen LogP) is 13.0. The topological polar surface area (TPSA) is 8.17 Å². The van der Waals surface area contributed by atoms with Gasteiger partial charge < -0.3 is 9.47 Å². The van der Waals surface area contributed by atoms with Crippen molar-refractivity contribution in [1.29, 1.82) is 0 Å². The summed E-state index contributed by atoms with van der Waals surface area (Å²) < 4.78 is 2.47. The van der Waals surface area contributed by atoms with E-state index in [-0.39, 0.29) is 5.54 Å². The van der Waals surface area contributed by atoms with E-state index in [2.05, 4.69) is 206 Å². The standard InChI is InChI=1S/C46H38N2/c1-46(2,3)48-44-26-11-10-25-42(44)43-32-38(27-28-45(43)48)37-21-14-24-41(31-37)47(39-22-12-19-35(29-39)33-15-6-4-7-16-33)40-23-13-20-36(30-40)34-17-8-5-9-18-34/h4-32H,1-3H3. The van der Waals surface area contributed by atoms with Crippen molar-refractivity contribution in [2.75, 3.05) is 4.90 Å². The zero-order chi connectivity index (χ0) is 32.7. The van der Waals surface area contributed by atoms with Crippen molar-refractivity contribution in [3.63, 3.8) is 0 Å². The van der Waals surface area contributed by atoms with Gasteiger partial charge in [0.1, 0.15) is 0 Å². The van der Waals surface area contributed by atoms with E-state index in [1.165, 1.54) is 55.2 Å². The fourth-order valence-electron chi connectivity index (χ4n) is 7.06. The molecule has 0 saturated heterocycles. The summed E-state index contributed by atoms with van der Waals surface area (Å²) in [5, 5.41) is 2.57. The fourth-order valence-corrected chi connectivity index (χ4v) is 7.06. The number of hydrogen-bond acceptors (Lipinski definition) is 1. The van der Waals surface area contributed by atoms with Crippen LogP contribution in [0.1, 0.15) is 20.8 Å². The minimum absolute atomic E-state index is 0.0359. The van der Waals surface area contributed by atoms with E-state index in [0.717, 1.165) is 17.1 Å². The summed E-state index contributed by atoms with van der Waals surface area (Å²) in [4.78, 5) is 2.38. The third kappa shape index (κ3) is 5.46. The molecule has 0 fully saturated rings. The van der Waals surface area contributed by atoms with Gasteiger partial charge in [0.05, 0.1) is 0 Å². The summed E-state index contributed by atoms with van der Waals surface area (Å²) in [6.45, 7) is 6.85. The Balaban J connectivity index is 1.28. The highest BCUT2D eigenvalue weighted by Crippen LogP contribution is 2.41. The second kappa shape index (κ2) is 12.1. The molecule has 0 atom stereocenters. The van der Waals surface area contributed by atoms with Crippen LogP contribution in [0.5, 0.6) is 0 Å². The van der Waals surface area contributed by atoms with Crippen LogP contribution in [-0.4, -0.2) is 4.57 Å². The van der Waals surface area contributed by atoms with Crippen molar-refractivity contribution >= 4 is 38.9 Å². The van der Waals surface area contributed by atoms with Crippen LogP contribution in [0.4, 0.5) is 17.1 Å². The van der Waals surface area contributed by atoms with Gasteiger partial charge in [-0.2, -0.15) is 0 Å². The predicted molar refractivity (Wildman–Crippen MR) is 205 cm³/mol. The normalized spacial score (nSPS) is 11.6. The van der Waals surface area contributed by atoms with Crippen molar-refractivity contribution in [2.45, 2.75) is 26.3 Å². The van der Waals surface area contributed by atoms with Gasteiger partial charge in [0, 0.05) is 44.4 Å². The number of rotatable bonds is 6. The van der Waals surface area contributed by atoms with E-state index < -0.39 is 0 Å². The zero-order valence-electron chi connectivity index (χ0n) is 27.6. The summed E-state index contributed by atoms with van der Waals surface area (Å²) in [5.41, 5.74) is 13.0. The lowest BCUT2D eigenvalue weighted by Crippen LogP contribution is -2.21.